The van der Waals surface area contributed by atoms with Crippen LogP contribution in [-0.2, 0) is 6.61 Å². The summed E-state index contributed by atoms with van der Waals surface area (Å²) in [6.07, 6.45) is 1.65. The normalized spacial score (nSPS) is 9.93. The van der Waals surface area contributed by atoms with Gasteiger partial charge in [-0.3, -0.25) is 0 Å². The lowest BCUT2D eigenvalue weighted by molar-refractivity contribution is 0.293. The van der Waals surface area contributed by atoms with Gasteiger partial charge in [0.05, 0.1) is 0 Å². The van der Waals surface area contributed by atoms with Gasteiger partial charge in [-0.2, -0.15) is 0 Å². The minimum atomic E-state index is -0.253. The van der Waals surface area contributed by atoms with E-state index in [0.717, 1.165) is 5.56 Å². The van der Waals surface area contributed by atoms with E-state index in [1.807, 2.05) is 18.2 Å². The molecular formula is C12H10FNO. The molecule has 0 atom stereocenters. The summed E-state index contributed by atoms with van der Waals surface area (Å²) in [5, 5.41) is 0. The third-order valence-corrected chi connectivity index (χ3v) is 1.91. The van der Waals surface area contributed by atoms with Crippen LogP contribution in [0.15, 0.2) is 48.7 Å². The highest BCUT2D eigenvalue weighted by atomic mass is 19.1. The van der Waals surface area contributed by atoms with Crippen molar-refractivity contribution < 1.29 is 9.13 Å². The molecule has 2 rings (SSSR count). The van der Waals surface area contributed by atoms with Gasteiger partial charge in [-0.15, -0.1) is 0 Å². The van der Waals surface area contributed by atoms with Crippen LogP contribution in [0.1, 0.15) is 5.56 Å². The Hall–Kier alpha value is -1.90. The summed E-state index contributed by atoms with van der Waals surface area (Å²) in [6.45, 7) is 0.328. The molecule has 1 aromatic heterocycles. The largest absolute Gasteiger partial charge is 0.473 e. The first-order valence-corrected chi connectivity index (χ1v) is 4.63. The minimum Gasteiger partial charge on any atom is -0.473 e. The molecule has 0 spiro atoms. The van der Waals surface area contributed by atoms with Gasteiger partial charge in [0.15, 0.2) is 0 Å². The van der Waals surface area contributed by atoms with Crippen LogP contribution < -0.4 is 4.74 Å². The zero-order valence-electron chi connectivity index (χ0n) is 8.06. The van der Waals surface area contributed by atoms with Gasteiger partial charge in [0, 0.05) is 12.3 Å². The van der Waals surface area contributed by atoms with Gasteiger partial charge >= 0.3 is 0 Å². The molecule has 0 radical (unpaired) electrons. The number of nitrogens with zero attached hydrogens (tertiary/aromatic N) is 1. The van der Waals surface area contributed by atoms with Crippen LogP contribution in [-0.4, -0.2) is 4.98 Å². The Kier molecular flexibility index (Phi) is 2.93. The maximum absolute atomic E-state index is 12.8. The SMILES string of the molecule is Fc1cccc(COc2ccccn2)c1. The zero-order chi connectivity index (χ0) is 10.5. The molecule has 76 valence electrons. The number of ether oxygens (including phenoxy) is 1. The molecule has 2 aromatic rings. The average Bonchev–Trinajstić information content (AvgIpc) is 2.28. The monoisotopic (exact) mass is 203 g/mol. The summed E-state index contributed by atoms with van der Waals surface area (Å²) in [5.74, 6) is 0.291. The van der Waals surface area contributed by atoms with E-state index in [1.54, 1.807) is 18.3 Å². The van der Waals surface area contributed by atoms with E-state index in [-0.39, 0.29) is 5.82 Å². The zero-order valence-corrected chi connectivity index (χ0v) is 8.06. The van der Waals surface area contributed by atoms with Crippen molar-refractivity contribution in [1.29, 1.82) is 0 Å². The van der Waals surface area contributed by atoms with Crippen LogP contribution in [0.2, 0.25) is 0 Å². The topological polar surface area (TPSA) is 22.1 Å². The van der Waals surface area contributed by atoms with Crippen molar-refractivity contribution in [3.05, 3.63) is 60.0 Å². The molecule has 0 saturated heterocycles. The number of hydrogen-bond acceptors (Lipinski definition) is 2. The Morgan fingerprint density at radius 3 is 2.80 bits per heavy atom. The Labute approximate surface area is 87.4 Å². The molecule has 0 aliphatic carbocycles. The van der Waals surface area contributed by atoms with Crippen molar-refractivity contribution in [3.8, 4) is 5.88 Å². The smallest absolute Gasteiger partial charge is 0.213 e. The van der Waals surface area contributed by atoms with Crippen molar-refractivity contribution in [2.24, 2.45) is 0 Å². The van der Waals surface area contributed by atoms with Crippen molar-refractivity contribution in [1.82, 2.24) is 4.98 Å². The molecule has 0 unspecified atom stereocenters. The van der Waals surface area contributed by atoms with Crippen molar-refractivity contribution in [3.63, 3.8) is 0 Å². The molecule has 2 nitrogen and oxygen atoms in total. The average molecular weight is 203 g/mol. The number of pyridine rings is 1. The van der Waals surface area contributed by atoms with Crippen LogP contribution >= 0.6 is 0 Å². The van der Waals surface area contributed by atoms with Crippen LogP contribution in [0, 0.1) is 5.82 Å². The van der Waals surface area contributed by atoms with E-state index in [4.69, 9.17) is 4.74 Å². The quantitative estimate of drug-likeness (QED) is 0.765. The minimum absolute atomic E-state index is 0.253. The second-order valence-corrected chi connectivity index (χ2v) is 3.09. The number of halogens is 1. The van der Waals surface area contributed by atoms with E-state index in [9.17, 15) is 4.39 Å². The Balaban J connectivity index is 1.99. The molecule has 1 aromatic carbocycles. The summed E-state index contributed by atoms with van der Waals surface area (Å²) < 4.78 is 18.2. The summed E-state index contributed by atoms with van der Waals surface area (Å²) in [6, 6.07) is 11.7. The van der Waals surface area contributed by atoms with E-state index < -0.39 is 0 Å². The molecule has 0 bridgehead atoms. The predicted octanol–water partition coefficient (Wildman–Crippen LogP) is 2.80. The highest BCUT2D eigenvalue weighted by Crippen LogP contribution is 2.09. The maximum Gasteiger partial charge on any atom is 0.213 e. The van der Waals surface area contributed by atoms with Crippen LogP contribution in [0.25, 0.3) is 0 Å². The van der Waals surface area contributed by atoms with E-state index in [1.165, 1.54) is 12.1 Å². The number of benzene rings is 1. The molecule has 0 aliphatic heterocycles. The predicted molar refractivity (Wildman–Crippen MR) is 55.0 cm³/mol. The molecule has 0 N–H and O–H groups in total. The van der Waals surface area contributed by atoms with E-state index in [2.05, 4.69) is 4.98 Å². The molecule has 1 heterocycles. The second kappa shape index (κ2) is 4.55. The van der Waals surface area contributed by atoms with Crippen molar-refractivity contribution >= 4 is 0 Å². The van der Waals surface area contributed by atoms with E-state index >= 15 is 0 Å². The summed E-state index contributed by atoms with van der Waals surface area (Å²) in [7, 11) is 0. The van der Waals surface area contributed by atoms with Crippen molar-refractivity contribution in [2.45, 2.75) is 6.61 Å². The number of hydrogen-bond donors (Lipinski definition) is 0. The maximum atomic E-state index is 12.8. The Morgan fingerprint density at radius 2 is 2.07 bits per heavy atom. The second-order valence-electron chi connectivity index (χ2n) is 3.09. The molecule has 0 saturated carbocycles. The molecule has 0 fully saturated rings. The molecular weight excluding hydrogens is 193 g/mol. The fraction of sp³-hybridized carbons (Fsp3) is 0.0833. The van der Waals surface area contributed by atoms with Gasteiger partial charge in [-0.1, -0.05) is 18.2 Å². The van der Waals surface area contributed by atoms with Crippen molar-refractivity contribution in [2.75, 3.05) is 0 Å². The summed E-state index contributed by atoms with van der Waals surface area (Å²) >= 11 is 0. The fourth-order valence-electron chi connectivity index (χ4n) is 1.22. The number of rotatable bonds is 3. The third-order valence-electron chi connectivity index (χ3n) is 1.91. The molecule has 15 heavy (non-hydrogen) atoms. The molecule has 3 heteroatoms. The van der Waals surface area contributed by atoms with Gasteiger partial charge in [-0.25, -0.2) is 9.37 Å². The summed E-state index contributed by atoms with van der Waals surface area (Å²) in [4.78, 5) is 4.00. The number of aromatic nitrogens is 1. The molecule has 0 aliphatic rings. The first-order chi connectivity index (χ1) is 7.34. The standard InChI is InChI=1S/C12H10FNO/c13-11-5-3-4-10(8-11)9-15-12-6-1-2-7-14-12/h1-8H,9H2. The van der Waals surface area contributed by atoms with Crippen LogP contribution in [0.3, 0.4) is 0 Å². The van der Waals surface area contributed by atoms with Crippen LogP contribution in [0.4, 0.5) is 4.39 Å². The van der Waals surface area contributed by atoms with Gasteiger partial charge in [0.25, 0.3) is 0 Å². The van der Waals surface area contributed by atoms with E-state index in [0.29, 0.717) is 12.5 Å². The fourth-order valence-corrected chi connectivity index (χ4v) is 1.22. The molecule has 0 amide bonds. The van der Waals surface area contributed by atoms with Gasteiger partial charge in [0.1, 0.15) is 12.4 Å². The third kappa shape index (κ3) is 2.77. The lowest BCUT2D eigenvalue weighted by atomic mass is 10.2. The lowest BCUT2D eigenvalue weighted by Crippen LogP contribution is -1.96. The Morgan fingerprint density at radius 1 is 1.13 bits per heavy atom. The first-order valence-electron chi connectivity index (χ1n) is 4.63. The van der Waals surface area contributed by atoms with Gasteiger partial charge in [0.2, 0.25) is 5.88 Å². The highest BCUT2D eigenvalue weighted by Gasteiger charge is 1.97. The summed E-state index contributed by atoms with van der Waals surface area (Å²) in [5.41, 5.74) is 0.792. The first kappa shape index (κ1) is 9.65. The van der Waals surface area contributed by atoms with Gasteiger partial charge in [-0.05, 0) is 23.8 Å². The van der Waals surface area contributed by atoms with Crippen LogP contribution in [0.5, 0.6) is 5.88 Å². The Bertz CT molecular complexity index is 431. The van der Waals surface area contributed by atoms with Gasteiger partial charge < -0.3 is 4.74 Å². The highest BCUT2D eigenvalue weighted by molar-refractivity contribution is 5.17. The lowest BCUT2D eigenvalue weighted by Gasteiger charge is -2.04.